The van der Waals surface area contributed by atoms with Gasteiger partial charge >= 0.3 is 5.97 Å². The fraction of sp³-hybridized carbons (Fsp3) is 0.385. The van der Waals surface area contributed by atoms with Gasteiger partial charge in [0.25, 0.3) is 0 Å². The van der Waals surface area contributed by atoms with Gasteiger partial charge in [-0.2, -0.15) is 0 Å². The van der Waals surface area contributed by atoms with Crippen molar-refractivity contribution in [1.29, 1.82) is 0 Å². The van der Waals surface area contributed by atoms with Crippen LogP contribution in [0.2, 0.25) is 0 Å². The molecule has 0 unspecified atom stereocenters. The molecule has 0 saturated carbocycles. The molecule has 3 nitrogen and oxygen atoms in total. The molecule has 0 aliphatic rings. The van der Waals surface area contributed by atoms with Crippen LogP contribution in [0.1, 0.15) is 31.1 Å². The lowest BCUT2D eigenvalue weighted by Gasteiger charge is -2.21. The van der Waals surface area contributed by atoms with E-state index in [-0.39, 0.29) is 16.6 Å². The first-order valence-electron chi connectivity index (χ1n) is 5.59. The number of carbonyl (C=O) groups excluding carboxylic acids is 2. The van der Waals surface area contributed by atoms with Gasteiger partial charge in [-0.3, -0.25) is 9.59 Å². The summed E-state index contributed by atoms with van der Waals surface area (Å²) >= 11 is 2.82. The Morgan fingerprint density at radius 1 is 1.32 bits per heavy atom. The number of hydrogen-bond acceptors (Lipinski definition) is 3. The molecule has 104 valence electrons. The third kappa shape index (κ3) is 3.00. The zero-order valence-corrected chi connectivity index (χ0v) is 12.3. The van der Waals surface area contributed by atoms with Crippen molar-refractivity contribution in [2.75, 3.05) is 6.61 Å². The van der Waals surface area contributed by atoms with Gasteiger partial charge in [0.1, 0.15) is 5.41 Å². The number of ketones is 1. The summed E-state index contributed by atoms with van der Waals surface area (Å²) in [7, 11) is 0. The Kier molecular flexibility index (Phi) is 4.79. The zero-order valence-electron chi connectivity index (χ0n) is 10.7. The van der Waals surface area contributed by atoms with Gasteiger partial charge in [-0.1, -0.05) is 0 Å². The van der Waals surface area contributed by atoms with Crippen LogP contribution in [0.25, 0.3) is 0 Å². The molecule has 1 aromatic rings. The molecule has 19 heavy (non-hydrogen) atoms. The number of ether oxygens (including phenoxy) is 1. The van der Waals surface area contributed by atoms with E-state index in [9.17, 15) is 18.4 Å². The maximum absolute atomic E-state index is 13.4. The van der Waals surface area contributed by atoms with Crippen molar-refractivity contribution >= 4 is 27.7 Å². The Hall–Kier alpha value is -1.30. The highest BCUT2D eigenvalue weighted by molar-refractivity contribution is 9.10. The summed E-state index contributed by atoms with van der Waals surface area (Å²) in [6.45, 7) is 4.50. The molecule has 0 atom stereocenters. The smallest absolute Gasteiger partial charge is 0.319 e. The van der Waals surface area contributed by atoms with Gasteiger partial charge in [-0.25, -0.2) is 8.78 Å². The van der Waals surface area contributed by atoms with Crippen LogP contribution >= 0.6 is 15.9 Å². The summed E-state index contributed by atoms with van der Waals surface area (Å²) in [4.78, 5) is 24.0. The van der Waals surface area contributed by atoms with Gasteiger partial charge in [-0.15, -0.1) is 0 Å². The molecule has 0 radical (unpaired) electrons. The van der Waals surface area contributed by atoms with Gasteiger partial charge in [0.15, 0.2) is 17.4 Å². The first kappa shape index (κ1) is 15.8. The predicted octanol–water partition coefficient (Wildman–Crippen LogP) is 3.50. The van der Waals surface area contributed by atoms with Crippen molar-refractivity contribution in [2.45, 2.75) is 20.8 Å². The van der Waals surface area contributed by atoms with Gasteiger partial charge < -0.3 is 4.74 Å². The van der Waals surface area contributed by atoms with E-state index < -0.39 is 28.8 Å². The number of carbonyl (C=O) groups is 2. The van der Waals surface area contributed by atoms with Gasteiger partial charge in [0.05, 0.1) is 11.1 Å². The Labute approximate surface area is 118 Å². The van der Waals surface area contributed by atoms with Crippen LogP contribution in [-0.2, 0) is 9.53 Å². The van der Waals surface area contributed by atoms with Crippen LogP contribution in [0.15, 0.2) is 16.6 Å². The third-order valence-electron chi connectivity index (χ3n) is 2.63. The van der Waals surface area contributed by atoms with Crippen molar-refractivity contribution in [3.63, 3.8) is 0 Å². The topological polar surface area (TPSA) is 43.4 Å². The highest BCUT2D eigenvalue weighted by Crippen LogP contribution is 2.30. The first-order valence-corrected chi connectivity index (χ1v) is 6.38. The van der Waals surface area contributed by atoms with Crippen molar-refractivity contribution in [3.8, 4) is 0 Å². The van der Waals surface area contributed by atoms with Crippen LogP contribution in [-0.4, -0.2) is 18.4 Å². The molecule has 1 rings (SSSR count). The van der Waals surface area contributed by atoms with E-state index in [1.165, 1.54) is 13.8 Å². The van der Waals surface area contributed by atoms with Gasteiger partial charge in [-0.05, 0) is 48.8 Å². The fourth-order valence-corrected chi connectivity index (χ4v) is 1.94. The number of halogens is 3. The van der Waals surface area contributed by atoms with Crippen LogP contribution in [0.3, 0.4) is 0 Å². The van der Waals surface area contributed by atoms with Crippen LogP contribution in [0.4, 0.5) is 8.78 Å². The van der Waals surface area contributed by atoms with E-state index in [0.29, 0.717) is 0 Å². The Morgan fingerprint density at radius 3 is 2.42 bits per heavy atom. The maximum atomic E-state index is 13.4. The molecule has 0 saturated heterocycles. The predicted molar refractivity (Wildman–Crippen MR) is 68.8 cm³/mol. The minimum Gasteiger partial charge on any atom is -0.465 e. The lowest BCUT2D eigenvalue weighted by Crippen LogP contribution is -2.35. The van der Waals surface area contributed by atoms with Gasteiger partial charge in [0, 0.05) is 5.56 Å². The second-order valence-electron chi connectivity index (χ2n) is 4.40. The zero-order chi connectivity index (χ0) is 14.8. The van der Waals surface area contributed by atoms with E-state index in [0.717, 1.165) is 12.1 Å². The van der Waals surface area contributed by atoms with Crippen molar-refractivity contribution < 1.29 is 23.1 Å². The molecule has 6 heteroatoms. The molecule has 0 bridgehead atoms. The van der Waals surface area contributed by atoms with Crippen molar-refractivity contribution in [2.24, 2.45) is 5.41 Å². The summed E-state index contributed by atoms with van der Waals surface area (Å²) in [5.74, 6) is -3.59. The SMILES string of the molecule is CCOC(=O)C(C)(C)C(=O)c1ccc(F)c(F)c1Br. The second-order valence-corrected chi connectivity index (χ2v) is 5.19. The number of Topliss-reactive ketones (excluding diaryl/α,β-unsaturated/α-hetero) is 1. The molecule has 0 fully saturated rings. The van der Waals surface area contributed by atoms with Crippen molar-refractivity contribution in [3.05, 3.63) is 33.8 Å². The quantitative estimate of drug-likeness (QED) is 0.366. The molecule has 1 aromatic carbocycles. The summed E-state index contributed by atoms with van der Waals surface area (Å²) in [6, 6.07) is 1.97. The number of esters is 1. The second kappa shape index (κ2) is 5.77. The summed E-state index contributed by atoms with van der Waals surface area (Å²) in [6.07, 6.45) is 0. The molecule has 0 heterocycles. The molecule has 0 amide bonds. The maximum Gasteiger partial charge on any atom is 0.319 e. The minimum absolute atomic E-state index is 0.100. The summed E-state index contributed by atoms with van der Waals surface area (Å²) < 4.78 is 30.9. The van der Waals surface area contributed by atoms with Crippen LogP contribution in [0.5, 0.6) is 0 Å². The largest absolute Gasteiger partial charge is 0.465 e. The summed E-state index contributed by atoms with van der Waals surface area (Å²) in [5.41, 5.74) is -1.57. The normalized spacial score (nSPS) is 11.3. The van der Waals surface area contributed by atoms with Gasteiger partial charge in [0.2, 0.25) is 0 Å². The number of benzene rings is 1. The Morgan fingerprint density at radius 2 is 1.89 bits per heavy atom. The number of hydrogen-bond donors (Lipinski definition) is 0. The summed E-state index contributed by atoms with van der Waals surface area (Å²) in [5, 5.41) is 0. The monoisotopic (exact) mass is 334 g/mol. The Bertz CT molecular complexity index is 527. The molecule has 0 aliphatic carbocycles. The molecular weight excluding hydrogens is 322 g/mol. The van der Waals surface area contributed by atoms with Crippen LogP contribution < -0.4 is 0 Å². The van der Waals surface area contributed by atoms with E-state index in [1.54, 1.807) is 6.92 Å². The highest BCUT2D eigenvalue weighted by Gasteiger charge is 2.39. The lowest BCUT2D eigenvalue weighted by molar-refractivity contribution is -0.150. The van der Waals surface area contributed by atoms with E-state index in [1.807, 2.05) is 0 Å². The fourth-order valence-electron chi connectivity index (χ4n) is 1.44. The molecule has 0 aliphatic heterocycles. The molecule has 0 aromatic heterocycles. The Balaban J connectivity index is 3.21. The van der Waals surface area contributed by atoms with E-state index in [4.69, 9.17) is 4.74 Å². The molecular formula is C13H13BrF2O3. The van der Waals surface area contributed by atoms with Crippen molar-refractivity contribution in [1.82, 2.24) is 0 Å². The lowest BCUT2D eigenvalue weighted by atomic mass is 9.84. The number of rotatable bonds is 4. The molecule has 0 N–H and O–H groups in total. The minimum atomic E-state index is -1.47. The average Bonchev–Trinajstić information content (AvgIpc) is 2.35. The van der Waals surface area contributed by atoms with E-state index >= 15 is 0 Å². The average molecular weight is 335 g/mol. The third-order valence-corrected chi connectivity index (χ3v) is 3.41. The van der Waals surface area contributed by atoms with E-state index in [2.05, 4.69) is 15.9 Å². The standard InChI is InChI=1S/C13H13BrF2O3/c1-4-19-12(18)13(2,3)11(17)7-5-6-8(15)10(16)9(7)14/h5-6H,4H2,1-3H3. The highest BCUT2D eigenvalue weighted by atomic mass is 79.9. The van der Waals surface area contributed by atoms with Crippen LogP contribution in [0, 0.1) is 17.0 Å². The molecule has 0 spiro atoms. The first-order chi connectivity index (χ1) is 8.73.